The fraction of sp³-hybridized carbons (Fsp3) is 0.622. The Morgan fingerprint density at radius 2 is 1.12 bits per heavy atom. The van der Waals surface area contributed by atoms with E-state index in [9.17, 15) is 38.4 Å². The highest BCUT2D eigenvalue weighted by Crippen LogP contribution is 2.28. The summed E-state index contributed by atoms with van der Waals surface area (Å²) in [5.41, 5.74) is 39.2. The fourth-order valence-electron chi connectivity index (χ4n) is 8.57. The Morgan fingerprint density at radius 1 is 0.625 bits per heavy atom. The van der Waals surface area contributed by atoms with Crippen LogP contribution in [0.1, 0.15) is 100 Å². The van der Waals surface area contributed by atoms with E-state index < -0.39 is 83.6 Å². The van der Waals surface area contributed by atoms with E-state index in [1.807, 2.05) is 0 Å². The van der Waals surface area contributed by atoms with E-state index in [1.165, 1.54) is 26.5 Å². The topological polar surface area (TPSA) is 431 Å². The van der Waals surface area contributed by atoms with Crippen molar-refractivity contribution >= 4 is 86.7 Å². The highest BCUT2D eigenvalue weighted by molar-refractivity contribution is 8.76. The first-order chi connectivity index (χ1) is 34.4. The van der Waals surface area contributed by atoms with Gasteiger partial charge in [-0.2, -0.15) is 0 Å². The van der Waals surface area contributed by atoms with Crippen molar-refractivity contribution in [3.63, 3.8) is 0 Å². The lowest BCUT2D eigenvalue weighted by Gasteiger charge is -2.30. The van der Waals surface area contributed by atoms with E-state index in [-0.39, 0.29) is 106 Å². The maximum absolute atomic E-state index is 14.5. The number of nitrogens with one attached hydrogen (secondary N) is 6. The molecule has 20 N–H and O–H groups in total. The summed E-state index contributed by atoms with van der Waals surface area (Å²) >= 11 is 0. The number of carbonyl (C=O) groups is 8. The Hall–Kier alpha value is -6.51. The van der Waals surface area contributed by atoms with Crippen molar-refractivity contribution < 1.29 is 38.4 Å². The molecule has 2 heterocycles. The van der Waals surface area contributed by atoms with E-state index in [0.29, 0.717) is 24.9 Å². The van der Waals surface area contributed by atoms with Crippen LogP contribution in [0.5, 0.6) is 0 Å². The van der Waals surface area contributed by atoms with Crippen LogP contribution in [0, 0.1) is 5.92 Å². The summed E-state index contributed by atoms with van der Waals surface area (Å²) in [6.45, 7) is 0.604. The van der Waals surface area contributed by atoms with Gasteiger partial charge in [0.15, 0.2) is 17.9 Å². The molecule has 2 aliphatic heterocycles. The lowest BCUT2D eigenvalue weighted by Crippen LogP contribution is -2.60. The summed E-state index contributed by atoms with van der Waals surface area (Å²) in [6, 6.07) is 0.644. The number of hydrogen-bond donors (Lipinski definition) is 13. The molecule has 1 aliphatic carbocycles. The van der Waals surface area contributed by atoms with Crippen LogP contribution in [0.2, 0.25) is 0 Å². The molecule has 3 aliphatic rings. The van der Waals surface area contributed by atoms with Crippen molar-refractivity contribution in [2.45, 2.75) is 132 Å². The van der Waals surface area contributed by atoms with Crippen molar-refractivity contribution in [2.24, 2.45) is 61.0 Å². The van der Waals surface area contributed by atoms with Crippen LogP contribution in [-0.4, -0.2) is 150 Å². The third-order valence-electron chi connectivity index (χ3n) is 12.3. The van der Waals surface area contributed by atoms with Gasteiger partial charge in [0.25, 0.3) is 5.91 Å². The average molecular weight is 1040 g/mol. The number of carbonyl (C=O) groups excluding carboxylic acids is 8. The molecule has 8 amide bonds. The van der Waals surface area contributed by atoms with Crippen LogP contribution < -0.4 is 72.0 Å². The summed E-state index contributed by atoms with van der Waals surface area (Å²) in [5, 5.41) is 16.5. The second kappa shape index (κ2) is 30.4. The molecule has 72 heavy (non-hydrogen) atoms. The quantitative estimate of drug-likeness (QED) is 0.0193. The van der Waals surface area contributed by atoms with Gasteiger partial charge in [0, 0.05) is 43.2 Å². The smallest absolute Gasteiger partial charge is 0.254 e. The van der Waals surface area contributed by atoms with E-state index in [4.69, 9.17) is 40.1 Å². The molecule has 0 radical (unpaired) electrons. The van der Waals surface area contributed by atoms with E-state index in [1.54, 1.807) is 30.3 Å². The summed E-state index contributed by atoms with van der Waals surface area (Å²) in [4.78, 5) is 124. The molecule has 1 aromatic rings. The van der Waals surface area contributed by atoms with Gasteiger partial charge in [0.05, 0.1) is 0 Å². The maximum atomic E-state index is 14.5. The highest BCUT2D eigenvalue weighted by Gasteiger charge is 2.38. The number of benzene rings is 1. The molecule has 0 unspecified atom stereocenters. The molecule has 7 atom stereocenters. The molecule has 1 aromatic carbocycles. The molecular formula is C45H73N17O8S2. The number of rotatable bonds is 26. The van der Waals surface area contributed by atoms with Crippen molar-refractivity contribution in [1.82, 2.24) is 36.8 Å². The van der Waals surface area contributed by atoms with Gasteiger partial charge in [0.2, 0.25) is 41.4 Å². The molecule has 4 rings (SSSR count). The zero-order chi connectivity index (χ0) is 52.6. The second-order valence-corrected chi connectivity index (χ2v) is 20.5. The number of aliphatic imine (C=N–C) groups is 3. The maximum Gasteiger partial charge on any atom is 0.254 e. The standard InChI is InChI=1S/C45H73N17O8S2/c46-35(63)32-24-71-72-25-33(40(68)60-32)61-39(67)31(23-26-11-3-1-4-12-26)59-38(66)29(16-8-20-54-44(49)50)57-36(64)28(15-7-19-53-43(47)48)56-37(65)30(17-9-21-55-45(51)52)58-41(69)34-18-10-22-62(34)42(70)27-13-5-2-6-14-27/h2,5-6,13-14,26,28-34H,1,3-4,7-12,15-25H2,(H2,46,63)(H,56,65)(H,57,64)(H,58,69)(H,59,66)(H,60,68)(H,61,67)(H4,47,48,53)(H4,49,50,54)(H4,51,52,55)/t28-,29+,30-,31+,32+,33+,34+/m1/s1. The molecule has 1 saturated carbocycles. The molecular weight excluding hydrogens is 971 g/mol. The van der Waals surface area contributed by atoms with Gasteiger partial charge >= 0.3 is 0 Å². The van der Waals surface area contributed by atoms with Crippen LogP contribution in [0.3, 0.4) is 0 Å². The first-order valence-electron chi connectivity index (χ1n) is 24.3. The lowest BCUT2D eigenvalue weighted by atomic mass is 9.84. The zero-order valence-corrected chi connectivity index (χ0v) is 42.2. The van der Waals surface area contributed by atoms with Gasteiger partial charge in [0.1, 0.15) is 42.3 Å². The van der Waals surface area contributed by atoms with Crippen molar-refractivity contribution in [2.75, 3.05) is 37.7 Å². The third-order valence-corrected chi connectivity index (χ3v) is 14.8. The summed E-state index contributed by atoms with van der Waals surface area (Å²) in [5.74, 6) is -5.18. The number of primary amides is 1. The van der Waals surface area contributed by atoms with Gasteiger partial charge in [-0.3, -0.25) is 53.3 Å². The van der Waals surface area contributed by atoms with Gasteiger partial charge in [-0.1, -0.05) is 71.9 Å². The lowest BCUT2D eigenvalue weighted by molar-refractivity contribution is -0.135. The number of nitrogens with two attached hydrogens (primary N) is 7. The fourth-order valence-corrected chi connectivity index (χ4v) is 10.9. The number of guanidine groups is 3. The van der Waals surface area contributed by atoms with E-state index >= 15 is 0 Å². The van der Waals surface area contributed by atoms with Crippen LogP contribution in [0.15, 0.2) is 45.3 Å². The van der Waals surface area contributed by atoms with Crippen LogP contribution in [0.4, 0.5) is 0 Å². The Morgan fingerprint density at radius 3 is 1.64 bits per heavy atom. The summed E-state index contributed by atoms with van der Waals surface area (Å²) in [6.07, 6.45) is 6.29. The number of amides is 8. The molecule has 0 spiro atoms. The highest BCUT2D eigenvalue weighted by atomic mass is 33.1. The molecule has 25 nitrogen and oxygen atoms in total. The van der Waals surface area contributed by atoms with E-state index in [2.05, 4.69) is 46.9 Å². The van der Waals surface area contributed by atoms with Crippen molar-refractivity contribution in [3.8, 4) is 0 Å². The Balaban J connectivity index is 1.59. The number of hydrogen-bond acceptors (Lipinski definition) is 13. The molecule has 27 heteroatoms. The Kier molecular flexibility index (Phi) is 24.5. The second-order valence-electron chi connectivity index (χ2n) is 17.9. The minimum atomic E-state index is -1.32. The summed E-state index contributed by atoms with van der Waals surface area (Å²) in [7, 11) is 2.61. The predicted molar refractivity (Wildman–Crippen MR) is 277 cm³/mol. The first kappa shape index (κ1) is 58.1. The van der Waals surface area contributed by atoms with Crippen LogP contribution in [0.25, 0.3) is 0 Å². The molecule has 2 saturated heterocycles. The summed E-state index contributed by atoms with van der Waals surface area (Å²) < 4.78 is 0. The van der Waals surface area contributed by atoms with Gasteiger partial charge in [-0.25, -0.2) is 0 Å². The zero-order valence-electron chi connectivity index (χ0n) is 40.6. The predicted octanol–water partition coefficient (Wildman–Crippen LogP) is -2.79. The average Bonchev–Trinajstić information content (AvgIpc) is 3.84. The number of nitrogens with zero attached hydrogens (tertiary/aromatic N) is 4. The molecule has 0 aromatic heterocycles. The SMILES string of the molecule is NC(=O)[C@@H]1CSSC[C@H](NC(=O)[C@H](CC2CCCCC2)NC(=O)[C@H](CCCN=C(N)N)NC(=O)[C@@H](CCCN=C(N)N)NC(=O)[C@@H](CCCN=C(N)N)NC(=O)[C@@H]2CCCN2C(=O)c2ccccc2)C(=O)N1. The Labute approximate surface area is 427 Å². The van der Waals surface area contributed by atoms with Gasteiger partial charge < -0.3 is 76.9 Å². The minimum Gasteiger partial charge on any atom is -0.370 e. The third kappa shape index (κ3) is 19.9. The minimum absolute atomic E-state index is 0.0166. The monoisotopic (exact) mass is 1040 g/mol. The largest absolute Gasteiger partial charge is 0.370 e. The number of likely N-dealkylation sites (tertiary alicyclic amines) is 1. The van der Waals surface area contributed by atoms with Crippen LogP contribution >= 0.6 is 21.6 Å². The molecule has 0 bridgehead atoms. The van der Waals surface area contributed by atoms with Crippen molar-refractivity contribution in [1.29, 1.82) is 0 Å². The molecule has 398 valence electrons. The Bertz CT molecular complexity index is 2100. The first-order valence-corrected chi connectivity index (χ1v) is 26.8. The van der Waals surface area contributed by atoms with Gasteiger partial charge in [-0.05, 0) is 75.8 Å². The molecule has 3 fully saturated rings. The van der Waals surface area contributed by atoms with Crippen molar-refractivity contribution in [3.05, 3.63) is 35.9 Å². The normalized spacial score (nSPS) is 19.8. The van der Waals surface area contributed by atoms with Crippen LogP contribution in [-0.2, 0) is 33.6 Å². The van der Waals surface area contributed by atoms with Gasteiger partial charge in [-0.15, -0.1) is 0 Å². The van der Waals surface area contributed by atoms with E-state index in [0.717, 1.165) is 32.1 Å².